The molecular formula is C21H25N5O6. The zero-order valence-electron chi connectivity index (χ0n) is 17.5. The summed E-state index contributed by atoms with van der Waals surface area (Å²) in [5.74, 6) is -1.39. The smallest absolute Gasteiger partial charge is 0.305 e. The highest BCUT2D eigenvalue weighted by Gasteiger charge is 2.20. The van der Waals surface area contributed by atoms with Crippen LogP contribution in [0.4, 0.5) is 11.5 Å². The molecule has 0 spiro atoms. The minimum atomic E-state index is -1.18. The predicted molar refractivity (Wildman–Crippen MR) is 116 cm³/mol. The van der Waals surface area contributed by atoms with Gasteiger partial charge in [-0.3, -0.25) is 24.5 Å². The summed E-state index contributed by atoms with van der Waals surface area (Å²) in [5.41, 5.74) is 1.14. The summed E-state index contributed by atoms with van der Waals surface area (Å²) >= 11 is 0. The van der Waals surface area contributed by atoms with Gasteiger partial charge in [-0.2, -0.15) is 0 Å². The lowest BCUT2D eigenvalue weighted by Crippen LogP contribution is -2.39. The molecule has 1 aromatic heterocycles. The maximum Gasteiger partial charge on any atom is 0.305 e. The third-order valence-corrected chi connectivity index (χ3v) is 4.45. The van der Waals surface area contributed by atoms with E-state index in [1.165, 1.54) is 24.3 Å². The van der Waals surface area contributed by atoms with Crippen LogP contribution in [0.1, 0.15) is 36.4 Å². The number of hydrogen-bond donors (Lipinski definition) is 4. The van der Waals surface area contributed by atoms with Crippen LogP contribution in [-0.2, 0) is 14.4 Å². The van der Waals surface area contributed by atoms with E-state index in [0.717, 1.165) is 11.4 Å². The van der Waals surface area contributed by atoms with Crippen LogP contribution < -0.4 is 16.0 Å². The highest BCUT2D eigenvalue weighted by Crippen LogP contribution is 2.21. The minimum Gasteiger partial charge on any atom is -0.481 e. The van der Waals surface area contributed by atoms with Crippen molar-refractivity contribution < 1.29 is 24.4 Å². The van der Waals surface area contributed by atoms with E-state index in [-0.39, 0.29) is 30.1 Å². The number of hydrogen-bond acceptors (Lipinski definition) is 7. The number of aryl methyl sites for hydroxylation is 1. The summed E-state index contributed by atoms with van der Waals surface area (Å²) in [6.45, 7) is 2.14. The second kappa shape index (κ2) is 12.0. The Balaban J connectivity index is 1.79. The van der Waals surface area contributed by atoms with Crippen molar-refractivity contribution in [1.29, 1.82) is 0 Å². The molecule has 0 aliphatic heterocycles. The molecule has 2 amide bonds. The van der Waals surface area contributed by atoms with Gasteiger partial charge in [0.1, 0.15) is 5.82 Å². The number of aromatic nitrogens is 1. The Hall–Kier alpha value is -4.02. The van der Waals surface area contributed by atoms with Gasteiger partial charge in [0, 0.05) is 31.3 Å². The van der Waals surface area contributed by atoms with Crippen molar-refractivity contribution in [1.82, 2.24) is 15.6 Å². The first-order chi connectivity index (χ1) is 15.2. The average molecular weight is 443 g/mol. The van der Waals surface area contributed by atoms with Crippen LogP contribution in [0.3, 0.4) is 0 Å². The second-order valence-electron chi connectivity index (χ2n) is 7.10. The van der Waals surface area contributed by atoms with Crippen LogP contribution in [0.15, 0.2) is 42.6 Å². The summed E-state index contributed by atoms with van der Waals surface area (Å²) in [4.78, 5) is 49.8. The van der Waals surface area contributed by atoms with E-state index < -0.39 is 29.3 Å². The van der Waals surface area contributed by atoms with Crippen LogP contribution in [0, 0.1) is 17.0 Å². The zero-order chi connectivity index (χ0) is 23.5. The topological polar surface area (TPSA) is 164 Å². The highest BCUT2D eigenvalue weighted by molar-refractivity contribution is 5.85. The summed E-state index contributed by atoms with van der Waals surface area (Å²) in [7, 11) is 0. The summed E-state index contributed by atoms with van der Waals surface area (Å²) in [6.07, 6.45) is 1.95. The van der Waals surface area contributed by atoms with Gasteiger partial charge in [0.25, 0.3) is 5.69 Å². The number of amides is 2. The van der Waals surface area contributed by atoms with E-state index in [4.69, 9.17) is 5.11 Å². The molecule has 0 radical (unpaired) electrons. The molecule has 0 unspecified atom stereocenters. The summed E-state index contributed by atoms with van der Waals surface area (Å²) in [5, 5.41) is 28.1. The van der Waals surface area contributed by atoms with Crippen LogP contribution in [-0.4, -0.2) is 45.9 Å². The van der Waals surface area contributed by atoms with Crippen LogP contribution in [0.5, 0.6) is 0 Å². The standard InChI is InChI=1S/C21H25N5O6/c1-14-7-9-23-18(10-14)22-8-3-6-19(27)24-13-20(28)25-17(12-21(29)30)15-4-2-5-16(11-15)26(31)32/h2,4-5,7,9-11,17H,3,6,8,12-13H2,1H3,(H,22,23)(H,24,27)(H,25,28)(H,29,30)/t17-/m0/s1. The number of pyridine rings is 1. The third kappa shape index (κ3) is 8.38. The predicted octanol–water partition coefficient (Wildman–Crippen LogP) is 1.94. The van der Waals surface area contributed by atoms with Crippen molar-refractivity contribution in [2.24, 2.45) is 0 Å². The van der Waals surface area contributed by atoms with Gasteiger partial charge in [0.15, 0.2) is 0 Å². The fourth-order valence-electron chi connectivity index (χ4n) is 2.89. The van der Waals surface area contributed by atoms with E-state index in [1.54, 1.807) is 6.20 Å². The lowest BCUT2D eigenvalue weighted by atomic mass is 10.0. The summed E-state index contributed by atoms with van der Waals surface area (Å²) < 4.78 is 0. The first-order valence-corrected chi connectivity index (χ1v) is 9.93. The molecule has 4 N–H and O–H groups in total. The number of rotatable bonds is 12. The maximum absolute atomic E-state index is 12.2. The van der Waals surface area contributed by atoms with Crippen molar-refractivity contribution >= 4 is 29.3 Å². The van der Waals surface area contributed by atoms with Crippen molar-refractivity contribution in [2.75, 3.05) is 18.4 Å². The lowest BCUT2D eigenvalue weighted by molar-refractivity contribution is -0.384. The molecule has 1 heterocycles. The van der Waals surface area contributed by atoms with E-state index in [0.29, 0.717) is 13.0 Å². The molecule has 0 fully saturated rings. The van der Waals surface area contributed by atoms with Crippen LogP contribution >= 0.6 is 0 Å². The van der Waals surface area contributed by atoms with Gasteiger partial charge >= 0.3 is 5.97 Å². The Labute approximate surface area is 184 Å². The number of anilines is 1. The molecule has 32 heavy (non-hydrogen) atoms. The second-order valence-corrected chi connectivity index (χ2v) is 7.10. The van der Waals surface area contributed by atoms with Gasteiger partial charge in [-0.1, -0.05) is 12.1 Å². The number of aliphatic carboxylic acids is 1. The average Bonchev–Trinajstić information content (AvgIpc) is 2.74. The van der Waals surface area contributed by atoms with Gasteiger partial charge in [-0.25, -0.2) is 4.98 Å². The number of carboxylic acids is 1. The first kappa shape index (κ1) is 24.3. The normalized spacial score (nSPS) is 11.3. The Kier molecular flexibility index (Phi) is 9.08. The molecule has 11 heteroatoms. The Morgan fingerprint density at radius 2 is 1.97 bits per heavy atom. The Morgan fingerprint density at radius 1 is 1.19 bits per heavy atom. The van der Waals surface area contributed by atoms with E-state index in [9.17, 15) is 24.5 Å². The van der Waals surface area contributed by atoms with Gasteiger partial charge in [0.05, 0.1) is 23.9 Å². The minimum absolute atomic E-state index is 0.190. The number of nitrogens with zero attached hydrogens (tertiary/aromatic N) is 2. The third-order valence-electron chi connectivity index (χ3n) is 4.45. The van der Waals surface area contributed by atoms with Crippen LogP contribution in [0.2, 0.25) is 0 Å². The van der Waals surface area contributed by atoms with Gasteiger partial charge < -0.3 is 21.1 Å². The van der Waals surface area contributed by atoms with E-state index in [2.05, 4.69) is 20.9 Å². The van der Waals surface area contributed by atoms with Crippen molar-refractivity contribution in [3.8, 4) is 0 Å². The van der Waals surface area contributed by atoms with Gasteiger partial charge in [-0.05, 0) is 36.6 Å². The molecule has 11 nitrogen and oxygen atoms in total. The molecule has 1 aromatic carbocycles. The SMILES string of the molecule is Cc1ccnc(NCCCC(=O)NCC(=O)N[C@@H](CC(=O)O)c2cccc([N+](=O)[O-])c2)c1. The van der Waals surface area contributed by atoms with E-state index in [1.807, 2.05) is 19.1 Å². The number of nitro groups is 1. The Bertz CT molecular complexity index is 981. The molecule has 0 saturated heterocycles. The van der Waals surface area contributed by atoms with Gasteiger partial charge in [-0.15, -0.1) is 0 Å². The molecule has 0 bridgehead atoms. The number of carbonyl (C=O) groups is 3. The molecule has 0 aliphatic rings. The largest absolute Gasteiger partial charge is 0.481 e. The fourth-order valence-corrected chi connectivity index (χ4v) is 2.89. The molecule has 0 saturated carbocycles. The quantitative estimate of drug-likeness (QED) is 0.220. The zero-order valence-corrected chi connectivity index (χ0v) is 17.5. The number of non-ortho nitro benzene ring substituents is 1. The number of benzene rings is 1. The van der Waals surface area contributed by atoms with Crippen molar-refractivity contribution in [2.45, 2.75) is 32.2 Å². The van der Waals surface area contributed by atoms with Gasteiger partial charge in [0.2, 0.25) is 11.8 Å². The molecule has 0 aliphatic carbocycles. The molecular weight excluding hydrogens is 418 g/mol. The molecule has 1 atom stereocenters. The Morgan fingerprint density at radius 3 is 2.66 bits per heavy atom. The molecule has 170 valence electrons. The number of carboxylic acid groups (broad SMARTS) is 1. The van der Waals surface area contributed by atoms with Crippen molar-refractivity contribution in [3.05, 3.63) is 63.8 Å². The van der Waals surface area contributed by atoms with Crippen molar-refractivity contribution in [3.63, 3.8) is 0 Å². The van der Waals surface area contributed by atoms with E-state index >= 15 is 0 Å². The van der Waals surface area contributed by atoms with Crippen LogP contribution in [0.25, 0.3) is 0 Å². The summed E-state index contributed by atoms with van der Waals surface area (Å²) in [6, 6.07) is 8.19. The number of carbonyl (C=O) groups excluding carboxylic acids is 2. The fraction of sp³-hybridized carbons (Fsp3) is 0.333. The highest BCUT2D eigenvalue weighted by atomic mass is 16.6. The maximum atomic E-state index is 12.2. The number of nitrogens with one attached hydrogen (secondary N) is 3. The first-order valence-electron chi connectivity index (χ1n) is 9.93. The monoisotopic (exact) mass is 443 g/mol. The molecule has 2 aromatic rings. The molecule has 2 rings (SSSR count). The number of nitro benzene ring substituents is 1. The lowest BCUT2D eigenvalue weighted by Gasteiger charge is -2.17.